The topological polar surface area (TPSA) is 58.6 Å². The summed E-state index contributed by atoms with van der Waals surface area (Å²) in [5.41, 5.74) is 2.83. The zero-order valence-corrected chi connectivity index (χ0v) is 17.9. The van der Waals surface area contributed by atoms with E-state index in [9.17, 15) is 9.59 Å². The predicted molar refractivity (Wildman–Crippen MR) is 112 cm³/mol. The van der Waals surface area contributed by atoms with Gasteiger partial charge in [-0.2, -0.15) is 0 Å². The fourth-order valence-corrected chi connectivity index (χ4v) is 3.13. The van der Waals surface area contributed by atoms with E-state index < -0.39 is 6.04 Å². The Morgan fingerprint density at radius 1 is 1.11 bits per heavy atom. The number of benzene rings is 2. The van der Waals surface area contributed by atoms with Crippen LogP contribution in [0.25, 0.3) is 0 Å². The smallest absolute Gasteiger partial charge is 0.261 e. The van der Waals surface area contributed by atoms with E-state index in [1.165, 1.54) is 11.9 Å². The molecule has 2 amide bonds. The van der Waals surface area contributed by atoms with Gasteiger partial charge in [0, 0.05) is 13.6 Å². The van der Waals surface area contributed by atoms with Crippen LogP contribution >= 0.6 is 23.2 Å². The van der Waals surface area contributed by atoms with Crippen molar-refractivity contribution in [3.8, 4) is 5.75 Å². The highest BCUT2D eigenvalue weighted by Gasteiger charge is 2.26. The number of rotatable bonds is 7. The van der Waals surface area contributed by atoms with E-state index in [4.69, 9.17) is 27.9 Å². The number of nitrogens with zero attached hydrogens (tertiary/aromatic N) is 1. The number of likely N-dealkylation sites (N-methyl/N-ethyl adjacent to an activating group) is 1. The van der Waals surface area contributed by atoms with Crippen LogP contribution in [0.3, 0.4) is 0 Å². The van der Waals surface area contributed by atoms with Crippen molar-refractivity contribution < 1.29 is 14.3 Å². The van der Waals surface area contributed by atoms with Crippen molar-refractivity contribution in [3.05, 3.63) is 63.1 Å². The Kier molecular flexibility index (Phi) is 7.72. The maximum Gasteiger partial charge on any atom is 0.261 e. The summed E-state index contributed by atoms with van der Waals surface area (Å²) < 4.78 is 5.71. The van der Waals surface area contributed by atoms with Crippen LogP contribution in [0.15, 0.2) is 36.4 Å². The van der Waals surface area contributed by atoms with E-state index in [1.54, 1.807) is 25.1 Å². The first-order valence-electron chi connectivity index (χ1n) is 8.88. The minimum absolute atomic E-state index is 0.174. The summed E-state index contributed by atoms with van der Waals surface area (Å²) in [6.45, 7) is 5.62. The lowest BCUT2D eigenvalue weighted by atomic mass is 10.1. The molecule has 0 saturated heterocycles. The fraction of sp³-hybridized carbons (Fsp3) is 0.333. The first-order valence-corrected chi connectivity index (χ1v) is 9.63. The third-order valence-corrected chi connectivity index (χ3v) is 5.17. The molecule has 0 saturated carbocycles. The van der Waals surface area contributed by atoms with Crippen molar-refractivity contribution in [2.75, 3.05) is 13.7 Å². The van der Waals surface area contributed by atoms with Gasteiger partial charge in [0.2, 0.25) is 5.91 Å². The van der Waals surface area contributed by atoms with Gasteiger partial charge in [0.15, 0.2) is 6.61 Å². The zero-order valence-electron chi connectivity index (χ0n) is 16.4. The SMILES string of the molecule is CNC(=O)[C@H](C)N(Cc1ccc(Cl)c(Cl)c1)C(=O)COc1ccc(C)cc1C. The number of carbonyl (C=O) groups is 2. The molecule has 1 N–H and O–H groups in total. The second kappa shape index (κ2) is 9.80. The van der Waals surface area contributed by atoms with Gasteiger partial charge in [-0.3, -0.25) is 9.59 Å². The predicted octanol–water partition coefficient (Wildman–Crippen LogP) is 4.15. The molecule has 1 atom stereocenters. The summed E-state index contributed by atoms with van der Waals surface area (Å²) >= 11 is 12.0. The van der Waals surface area contributed by atoms with Crippen molar-refractivity contribution in [3.63, 3.8) is 0 Å². The lowest BCUT2D eigenvalue weighted by Gasteiger charge is -2.28. The van der Waals surface area contributed by atoms with Gasteiger partial charge in [-0.25, -0.2) is 0 Å². The highest BCUT2D eigenvalue weighted by molar-refractivity contribution is 6.42. The first kappa shape index (κ1) is 22.1. The number of hydrogen-bond acceptors (Lipinski definition) is 3. The number of amides is 2. The molecule has 0 aromatic heterocycles. The quantitative estimate of drug-likeness (QED) is 0.728. The van der Waals surface area contributed by atoms with Gasteiger partial charge in [0.25, 0.3) is 5.91 Å². The Morgan fingerprint density at radius 3 is 2.43 bits per heavy atom. The van der Waals surface area contributed by atoms with Gasteiger partial charge in [0.05, 0.1) is 10.0 Å². The lowest BCUT2D eigenvalue weighted by Crippen LogP contribution is -2.48. The van der Waals surface area contributed by atoms with Crippen molar-refractivity contribution in [1.82, 2.24) is 10.2 Å². The van der Waals surface area contributed by atoms with Crippen LogP contribution in [0.2, 0.25) is 10.0 Å². The molecule has 28 heavy (non-hydrogen) atoms. The van der Waals surface area contributed by atoms with Crippen LogP contribution < -0.4 is 10.1 Å². The summed E-state index contributed by atoms with van der Waals surface area (Å²) in [5.74, 6) is 0.0723. The second-order valence-electron chi connectivity index (χ2n) is 6.62. The number of carbonyl (C=O) groups excluding carboxylic acids is 2. The number of hydrogen-bond donors (Lipinski definition) is 1. The van der Waals surface area contributed by atoms with E-state index in [0.717, 1.165) is 16.7 Å². The van der Waals surface area contributed by atoms with Crippen LogP contribution in [-0.4, -0.2) is 36.4 Å². The summed E-state index contributed by atoms with van der Waals surface area (Å²) in [6.07, 6.45) is 0. The number of halogens is 2. The highest BCUT2D eigenvalue weighted by Crippen LogP contribution is 2.24. The van der Waals surface area contributed by atoms with Crippen molar-refractivity contribution in [2.24, 2.45) is 0 Å². The molecule has 0 spiro atoms. The Labute approximate surface area is 175 Å². The van der Waals surface area contributed by atoms with E-state index in [0.29, 0.717) is 15.8 Å². The molecule has 0 heterocycles. The highest BCUT2D eigenvalue weighted by atomic mass is 35.5. The minimum Gasteiger partial charge on any atom is -0.483 e. The van der Waals surface area contributed by atoms with E-state index in [2.05, 4.69) is 5.32 Å². The molecule has 0 aliphatic carbocycles. The van der Waals surface area contributed by atoms with Crippen LogP contribution in [0.4, 0.5) is 0 Å². The van der Waals surface area contributed by atoms with Crippen LogP contribution in [0, 0.1) is 13.8 Å². The Morgan fingerprint density at radius 2 is 1.82 bits per heavy atom. The maximum atomic E-state index is 12.9. The molecule has 7 heteroatoms. The molecule has 0 aliphatic heterocycles. The fourth-order valence-electron chi connectivity index (χ4n) is 2.81. The average Bonchev–Trinajstić information content (AvgIpc) is 2.66. The molecule has 0 fully saturated rings. The maximum absolute atomic E-state index is 12.9. The standard InChI is InChI=1S/C21H24Cl2N2O3/c1-13-5-8-19(14(2)9-13)28-12-20(26)25(15(3)21(27)24-4)11-16-6-7-17(22)18(23)10-16/h5-10,15H,11-12H2,1-4H3,(H,24,27)/t15-/m0/s1. The summed E-state index contributed by atoms with van der Waals surface area (Å²) in [7, 11) is 1.53. The third kappa shape index (κ3) is 5.63. The number of aryl methyl sites for hydroxylation is 2. The zero-order chi connectivity index (χ0) is 20.8. The average molecular weight is 423 g/mol. The Hall–Kier alpha value is -2.24. The summed E-state index contributed by atoms with van der Waals surface area (Å²) in [5, 5.41) is 3.40. The van der Waals surface area contributed by atoms with Gasteiger partial charge in [-0.15, -0.1) is 0 Å². The molecule has 5 nitrogen and oxygen atoms in total. The van der Waals surface area contributed by atoms with Crippen molar-refractivity contribution in [2.45, 2.75) is 33.4 Å². The van der Waals surface area contributed by atoms with Gasteiger partial charge < -0.3 is 15.0 Å². The van der Waals surface area contributed by atoms with Gasteiger partial charge >= 0.3 is 0 Å². The molecule has 0 unspecified atom stereocenters. The first-order chi connectivity index (χ1) is 13.2. The molecule has 0 bridgehead atoms. The number of ether oxygens (including phenoxy) is 1. The largest absolute Gasteiger partial charge is 0.483 e. The van der Waals surface area contributed by atoms with Crippen molar-refractivity contribution >= 4 is 35.0 Å². The normalized spacial score (nSPS) is 11.6. The van der Waals surface area contributed by atoms with E-state index in [-0.39, 0.29) is 25.0 Å². The summed E-state index contributed by atoms with van der Waals surface area (Å²) in [4.78, 5) is 26.5. The van der Waals surface area contributed by atoms with Crippen LogP contribution in [0.5, 0.6) is 5.75 Å². The Balaban J connectivity index is 2.18. The lowest BCUT2D eigenvalue weighted by molar-refractivity contribution is -0.142. The molecule has 0 aliphatic rings. The monoisotopic (exact) mass is 422 g/mol. The van der Waals surface area contributed by atoms with E-state index in [1.807, 2.05) is 32.0 Å². The van der Waals surface area contributed by atoms with Gasteiger partial charge in [-0.1, -0.05) is 47.0 Å². The summed E-state index contributed by atoms with van der Waals surface area (Å²) in [6, 6.07) is 10.2. The molecule has 150 valence electrons. The molecule has 2 aromatic rings. The van der Waals surface area contributed by atoms with Crippen LogP contribution in [0.1, 0.15) is 23.6 Å². The molecular formula is C21H24Cl2N2O3. The molecule has 2 aromatic carbocycles. The minimum atomic E-state index is -0.672. The molecule has 0 radical (unpaired) electrons. The van der Waals surface area contributed by atoms with Gasteiger partial charge in [-0.05, 0) is 50.1 Å². The van der Waals surface area contributed by atoms with Crippen molar-refractivity contribution in [1.29, 1.82) is 0 Å². The second-order valence-corrected chi connectivity index (χ2v) is 7.43. The number of nitrogens with one attached hydrogen (secondary N) is 1. The molecular weight excluding hydrogens is 399 g/mol. The Bertz CT molecular complexity index is 871. The third-order valence-electron chi connectivity index (χ3n) is 4.43. The van der Waals surface area contributed by atoms with Gasteiger partial charge in [0.1, 0.15) is 11.8 Å². The van der Waals surface area contributed by atoms with E-state index >= 15 is 0 Å². The molecule has 2 rings (SSSR count). The van der Waals surface area contributed by atoms with Crippen LogP contribution in [-0.2, 0) is 16.1 Å².